The third-order valence-corrected chi connectivity index (χ3v) is 4.23. The van der Waals surface area contributed by atoms with E-state index in [0.29, 0.717) is 12.8 Å². The topological polar surface area (TPSA) is 42.4 Å². The predicted octanol–water partition coefficient (Wildman–Crippen LogP) is 2.49. The maximum absolute atomic E-state index is 11.1. The molecule has 1 aliphatic rings. The minimum absolute atomic E-state index is 0.170. The molecule has 1 saturated heterocycles. The molecule has 1 fully saturated rings. The van der Waals surface area contributed by atoms with Crippen molar-refractivity contribution in [3.8, 4) is 0 Å². The molecule has 0 aromatic carbocycles. The Morgan fingerprint density at radius 3 is 3.22 bits per heavy atom. The summed E-state index contributed by atoms with van der Waals surface area (Å²) in [6.45, 7) is 4.50. The number of anilines is 1. The maximum atomic E-state index is 11.1. The monoisotopic (exact) mass is 268 g/mol. The number of hydrogen-bond donors (Lipinski definition) is 0. The molecule has 1 aromatic heterocycles. The lowest BCUT2D eigenvalue weighted by Crippen LogP contribution is -2.34. The van der Waals surface area contributed by atoms with Gasteiger partial charge in [-0.15, -0.1) is 11.3 Å². The molecule has 2 rings (SSSR count). The standard InChI is InChI=1S/C13H20N2O2S/c1-10-4-3-7-15(8-10)13-14-11(9-18-13)5-6-12(16)17-2/h9-10H,3-8H2,1-2H3. The highest BCUT2D eigenvalue weighted by Gasteiger charge is 2.19. The van der Waals surface area contributed by atoms with Gasteiger partial charge in [0.2, 0.25) is 0 Å². The van der Waals surface area contributed by atoms with E-state index in [1.54, 1.807) is 11.3 Å². The summed E-state index contributed by atoms with van der Waals surface area (Å²) in [6, 6.07) is 0. The molecular weight excluding hydrogens is 248 g/mol. The normalized spacial score (nSPS) is 19.9. The third kappa shape index (κ3) is 3.45. The maximum Gasteiger partial charge on any atom is 0.305 e. The van der Waals surface area contributed by atoms with Gasteiger partial charge in [0.1, 0.15) is 0 Å². The molecule has 0 radical (unpaired) electrons. The van der Waals surface area contributed by atoms with Crippen LogP contribution in [0.5, 0.6) is 0 Å². The van der Waals surface area contributed by atoms with Gasteiger partial charge in [-0.3, -0.25) is 4.79 Å². The highest BCUT2D eigenvalue weighted by Crippen LogP contribution is 2.26. The van der Waals surface area contributed by atoms with Crippen molar-refractivity contribution in [2.24, 2.45) is 5.92 Å². The van der Waals surface area contributed by atoms with Crippen LogP contribution in [-0.4, -0.2) is 31.2 Å². The minimum Gasteiger partial charge on any atom is -0.469 e. The van der Waals surface area contributed by atoms with E-state index >= 15 is 0 Å². The van der Waals surface area contributed by atoms with Crippen LogP contribution in [0, 0.1) is 5.92 Å². The minimum atomic E-state index is -0.170. The van der Waals surface area contributed by atoms with E-state index in [0.717, 1.165) is 29.8 Å². The smallest absolute Gasteiger partial charge is 0.305 e. The Bertz CT molecular complexity index is 405. The number of hydrogen-bond acceptors (Lipinski definition) is 5. The SMILES string of the molecule is COC(=O)CCc1csc(N2CCCC(C)C2)n1. The number of carbonyl (C=O) groups excluding carboxylic acids is 1. The van der Waals surface area contributed by atoms with Gasteiger partial charge < -0.3 is 9.64 Å². The zero-order valence-electron chi connectivity index (χ0n) is 11.0. The van der Waals surface area contributed by atoms with E-state index in [-0.39, 0.29) is 5.97 Å². The molecule has 1 unspecified atom stereocenters. The van der Waals surface area contributed by atoms with Crippen molar-refractivity contribution in [2.75, 3.05) is 25.1 Å². The lowest BCUT2D eigenvalue weighted by Gasteiger charge is -2.30. The quantitative estimate of drug-likeness (QED) is 0.787. The Labute approximate surface area is 112 Å². The molecule has 0 bridgehead atoms. The van der Waals surface area contributed by atoms with Crippen LogP contribution in [0.4, 0.5) is 5.13 Å². The zero-order chi connectivity index (χ0) is 13.0. The first-order valence-electron chi connectivity index (χ1n) is 6.45. The summed E-state index contributed by atoms with van der Waals surface area (Å²) in [5.41, 5.74) is 0.999. The van der Waals surface area contributed by atoms with E-state index in [2.05, 4.69) is 26.9 Å². The number of nitrogens with zero attached hydrogens (tertiary/aromatic N) is 2. The van der Waals surface area contributed by atoms with Gasteiger partial charge in [0.15, 0.2) is 5.13 Å². The largest absolute Gasteiger partial charge is 0.469 e. The molecule has 1 aromatic rings. The van der Waals surface area contributed by atoms with E-state index < -0.39 is 0 Å². The molecule has 0 N–H and O–H groups in total. The van der Waals surface area contributed by atoms with Gasteiger partial charge >= 0.3 is 5.97 Å². The fourth-order valence-electron chi connectivity index (χ4n) is 2.25. The summed E-state index contributed by atoms with van der Waals surface area (Å²) >= 11 is 1.68. The molecule has 1 atom stereocenters. The molecule has 0 spiro atoms. The van der Waals surface area contributed by atoms with E-state index in [1.807, 2.05) is 0 Å². The Morgan fingerprint density at radius 2 is 2.50 bits per heavy atom. The van der Waals surface area contributed by atoms with Crippen LogP contribution in [0.1, 0.15) is 31.9 Å². The first kappa shape index (κ1) is 13.3. The molecule has 1 aliphatic heterocycles. The second-order valence-corrected chi connectivity index (χ2v) is 5.73. The third-order valence-electron chi connectivity index (χ3n) is 3.28. The molecule has 5 heteroatoms. The number of rotatable bonds is 4. The number of ether oxygens (including phenoxy) is 1. The van der Waals surface area contributed by atoms with Crippen LogP contribution in [0.3, 0.4) is 0 Å². The fourth-order valence-corrected chi connectivity index (χ4v) is 3.15. The number of aryl methyl sites for hydroxylation is 1. The second kappa shape index (κ2) is 6.18. The van der Waals surface area contributed by atoms with Gasteiger partial charge in [-0.2, -0.15) is 0 Å². The average molecular weight is 268 g/mol. The van der Waals surface area contributed by atoms with Crippen LogP contribution in [0.2, 0.25) is 0 Å². The zero-order valence-corrected chi connectivity index (χ0v) is 11.8. The second-order valence-electron chi connectivity index (χ2n) is 4.89. The molecule has 4 nitrogen and oxygen atoms in total. The van der Waals surface area contributed by atoms with E-state index in [4.69, 9.17) is 0 Å². The van der Waals surface area contributed by atoms with Crippen molar-refractivity contribution in [1.29, 1.82) is 0 Å². The molecule has 2 heterocycles. The van der Waals surface area contributed by atoms with Gasteiger partial charge in [0.05, 0.1) is 19.2 Å². The summed E-state index contributed by atoms with van der Waals surface area (Å²) in [6.07, 6.45) is 3.65. The number of methoxy groups -OCH3 is 1. The average Bonchev–Trinajstić information content (AvgIpc) is 2.84. The predicted molar refractivity (Wildman–Crippen MR) is 73.1 cm³/mol. The van der Waals surface area contributed by atoms with Crippen molar-refractivity contribution in [1.82, 2.24) is 4.98 Å². The van der Waals surface area contributed by atoms with Gasteiger partial charge in [0, 0.05) is 24.9 Å². The number of esters is 1. The van der Waals surface area contributed by atoms with Crippen molar-refractivity contribution in [2.45, 2.75) is 32.6 Å². The van der Waals surface area contributed by atoms with Crippen molar-refractivity contribution in [3.63, 3.8) is 0 Å². The Balaban J connectivity index is 1.91. The molecule has 0 saturated carbocycles. The first-order chi connectivity index (χ1) is 8.69. The number of thiazole rings is 1. The summed E-state index contributed by atoms with van der Waals surface area (Å²) in [5, 5.41) is 3.15. The summed E-state index contributed by atoms with van der Waals surface area (Å²) in [4.78, 5) is 18.1. The summed E-state index contributed by atoms with van der Waals surface area (Å²) in [7, 11) is 1.42. The lowest BCUT2D eigenvalue weighted by atomic mass is 10.0. The molecule has 18 heavy (non-hydrogen) atoms. The van der Waals surface area contributed by atoms with Crippen LogP contribution >= 0.6 is 11.3 Å². The van der Waals surface area contributed by atoms with Crippen LogP contribution in [0.25, 0.3) is 0 Å². The number of piperidine rings is 1. The van der Waals surface area contributed by atoms with Crippen molar-refractivity contribution in [3.05, 3.63) is 11.1 Å². The Hall–Kier alpha value is -1.10. The Morgan fingerprint density at radius 1 is 1.67 bits per heavy atom. The van der Waals surface area contributed by atoms with Gasteiger partial charge in [-0.05, 0) is 18.8 Å². The van der Waals surface area contributed by atoms with Gasteiger partial charge in [0.25, 0.3) is 0 Å². The number of carbonyl (C=O) groups is 1. The van der Waals surface area contributed by atoms with Crippen LogP contribution in [0.15, 0.2) is 5.38 Å². The van der Waals surface area contributed by atoms with Gasteiger partial charge in [-0.25, -0.2) is 4.98 Å². The summed E-state index contributed by atoms with van der Waals surface area (Å²) < 4.78 is 4.64. The van der Waals surface area contributed by atoms with Crippen LogP contribution in [-0.2, 0) is 16.0 Å². The van der Waals surface area contributed by atoms with Crippen molar-refractivity contribution < 1.29 is 9.53 Å². The summed E-state index contributed by atoms with van der Waals surface area (Å²) in [5.74, 6) is 0.581. The molecule has 0 aliphatic carbocycles. The van der Waals surface area contributed by atoms with Crippen LogP contribution < -0.4 is 4.90 Å². The van der Waals surface area contributed by atoms with Gasteiger partial charge in [-0.1, -0.05) is 6.92 Å². The number of aromatic nitrogens is 1. The van der Waals surface area contributed by atoms with E-state index in [1.165, 1.54) is 20.0 Å². The van der Waals surface area contributed by atoms with E-state index in [9.17, 15) is 4.79 Å². The molecule has 100 valence electrons. The van der Waals surface area contributed by atoms with Crippen molar-refractivity contribution >= 4 is 22.4 Å². The molecule has 0 amide bonds. The molecular formula is C13H20N2O2S. The lowest BCUT2D eigenvalue weighted by molar-refractivity contribution is -0.140. The Kier molecular flexibility index (Phi) is 4.58. The highest BCUT2D eigenvalue weighted by atomic mass is 32.1. The fraction of sp³-hybridized carbons (Fsp3) is 0.692. The highest BCUT2D eigenvalue weighted by molar-refractivity contribution is 7.13. The first-order valence-corrected chi connectivity index (χ1v) is 7.33.